The van der Waals surface area contributed by atoms with E-state index in [1.807, 2.05) is 19.1 Å². The zero-order valence-corrected chi connectivity index (χ0v) is 17.8. The molecule has 0 radical (unpaired) electrons. The zero-order chi connectivity index (χ0) is 20.9. The molecule has 0 amide bonds. The molecule has 1 aromatic heterocycles. The number of aromatic nitrogens is 2. The van der Waals surface area contributed by atoms with E-state index < -0.39 is 0 Å². The Kier molecular flexibility index (Phi) is 6.41. The lowest BCUT2D eigenvalue weighted by molar-refractivity contribution is 0.271. The molecule has 0 saturated heterocycles. The first-order valence-electron chi connectivity index (χ1n) is 10.8. The van der Waals surface area contributed by atoms with Crippen LogP contribution in [0.4, 0.5) is 5.82 Å². The third-order valence-corrected chi connectivity index (χ3v) is 5.99. The average molecular weight is 403 g/mol. The predicted molar refractivity (Wildman–Crippen MR) is 121 cm³/mol. The molecular weight excluding hydrogens is 372 g/mol. The fourth-order valence-corrected chi connectivity index (χ4v) is 4.20. The highest BCUT2D eigenvalue weighted by atomic mass is 16.3. The number of nitrogens with zero attached hydrogens (tertiary/aromatic N) is 3. The minimum Gasteiger partial charge on any atom is -0.394 e. The predicted octanol–water partition coefficient (Wildman–Crippen LogP) is 4.29. The van der Waals surface area contributed by atoms with Crippen LogP contribution in [-0.4, -0.2) is 46.4 Å². The van der Waals surface area contributed by atoms with Gasteiger partial charge in [0.25, 0.3) is 0 Å². The molecule has 4 rings (SSSR count). The number of hydrogen-bond donors (Lipinski definition) is 2. The smallest absolute Gasteiger partial charge is 0.148 e. The van der Waals surface area contributed by atoms with Gasteiger partial charge in [0.15, 0.2) is 0 Å². The van der Waals surface area contributed by atoms with Crippen LogP contribution in [0.5, 0.6) is 0 Å². The van der Waals surface area contributed by atoms with Crippen LogP contribution in [-0.2, 0) is 6.54 Å². The van der Waals surface area contributed by atoms with Gasteiger partial charge in [-0.1, -0.05) is 49.4 Å². The van der Waals surface area contributed by atoms with E-state index in [0.29, 0.717) is 11.7 Å². The van der Waals surface area contributed by atoms with Gasteiger partial charge in [0.2, 0.25) is 0 Å². The molecule has 2 N–H and O–H groups in total. The summed E-state index contributed by atoms with van der Waals surface area (Å²) >= 11 is 0. The van der Waals surface area contributed by atoms with Gasteiger partial charge in [-0.15, -0.1) is 10.2 Å². The zero-order valence-electron chi connectivity index (χ0n) is 17.8. The van der Waals surface area contributed by atoms with Crippen molar-refractivity contribution in [3.63, 3.8) is 0 Å². The monoisotopic (exact) mass is 402 g/mol. The fourth-order valence-electron chi connectivity index (χ4n) is 4.20. The molecule has 1 aliphatic heterocycles. The molecule has 2 heterocycles. The van der Waals surface area contributed by atoms with Crippen molar-refractivity contribution < 1.29 is 5.11 Å². The first-order chi connectivity index (χ1) is 14.7. The van der Waals surface area contributed by atoms with Crippen molar-refractivity contribution in [3.05, 3.63) is 77.4 Å². The summed E-state index contributed by atoms with van der Waals surface area (Å²) in [5.74, 6) is 1.11. The Bertz CT molecular complexity index is 955. The second-order valence-electron chi connectivity index (χ2n) is 8.14. The topological polar surface area (TPSA) is 61.3 Å². The van der Waals surface area contributed by atoms with Crippen molar-refractivity contribution in [2.75, 3.05) is 25.5 Å². The Balaban J connectivity index is 1.62. The van der Waals surface area contributed by atoms with E-state index >= 15 is 0 Å². The van der Waals surface area contributed by atoms with E-state index in [1.54, 1.807) is 0 Å². The van der Waals surface area contributed by atoms with Crippen LogP contribution in [0.25, 0.3) is 11.3 Å². The van der Waals surface area contributed by atoms with Crippen LogP contribution >= 0.6 is 0 Å². The Morgan fingerprint density at radius 1 is 1.10 bits per heavy atom. The van der Waals surface area contributed by atoms with Gasteiger partial charge >= 0.3 is 0 Å². The quantitative estimate of drug-likeness (QED) is 0.644. The molecule has 5 nitrogen and oxygen atoms in total. The maximum Gasteiger partial charge on any atom is 0.148 e. The first-order valence-corrected chi connectivity index (χ1v) is 10.8. The molecule has 0 bridgehead atoms. The second-order valence-corrected chi connectivity index (χ2v) is 8.14. The third-order valence-electron chi connectivity index (χ3n) is 5.99. The lowest BCUT2D eigenvalue weighted by Gasteiger charge is -2.18. The van der Waals surface area contributed by atoms with E-state index in [-0.39, 0.29) is 12.6 Å². The largest absolute Gasteiger partial charge is 0.394 e. The van der Waals surface area contributed by atoms with Crippen LogP contribution in [0.2, 0.25) is 0 Å². The normalized spacial score (nSPS) is 17.8. The van der Waals surface area contributed by atoms with Gasteiger partial charge < -0.3 is 15.3 Å². The Hall–Kier alpha value is -2.76. The molecule has 156 valence electrons. The van der Waals surface area contributed by atoms with Gasteiger partial charge in [-0.05, 0) is 61.3 Å². The van der Waals surface area contributed by atoms with E-state index in [1.165, 1.54) is 16.7 Å². The van der Waals surface area contributed by atoms with E-state index in [9.17, 15) is 5.11 Å². The number of anilines is 1. The van der Waals surface area contributed by atoms with E-state index in [2.05, 4.69) is 76.0 Å². The molecule has 3 aromatic rings. The second kappa shape index (κ2) is 9.37. The number of fused-ring (bicyclic) bond motifs is 1. The number of aliphatic hydroxyl groups excluding tert-OH is 1. The minimum atomic E-state index is 0.00287. The van der Waals surface area contributed by atoms with Gasteiger partial charge in [0.05, 0.1) is 18.3 Å². The lowest BCUT2D eigenvalue weighted by Crippen LogP contribution is -2.23. The highest BCUT2D eigenvalue weighted by Crippen LogP contribution is 2.35. The first kappa shape index (κ1) is 20.5. The molecule has 2 atom stereocenters. The standard InChI is InChI=1S/C25H30N4O/c1-3-21(17-30)26-25-12-11-24(27-28-25)19-9-10-22-20(15-19)16-29(2)14-13-23(22)18-7-5-4-6-8-18/h4-12,15,21,23,30H,3,13-14,16-17H2,1-2H3,(H,26,28). The highest BCUT2D eigenvalue weighted by Gasteiger charge is 2.23. The molecule has 0 spiro atoms. The fraction of sp³-hybridized carbons (Fsp3) is 0.360. The molecule has 2 aromatic carbocycles. The Morgan fingerprint density at radius 3 is 2.63 bits per heavy atom. The summed E-state index contributed by atoms with van der Waals surface area (Å²) in [4.78, 5) is 2.39. The van der Waals surface area contributed by atoms with Crippen LogP contribution in [0.15, 0.2) is 60.7 Å². The van der Waals surface area contributed by atoms with Gasteiger partial charge in [0, 0.05) is 18.0 Å². The molecule has 5 heteroatoms. The van der Waals surface area contributed by atoms with Crippen molar-refractivity contribution in [2.45, 2.75) is 38.3 Å². The third kappa shape index (κ3) is 4.53. The number of hydrogen-bond acceptors (Lipinski definition) is 5. The van der Waals surface area contributed by atoms with Crippen LogP contribution in [0.3, 0.4) is 0 Å². The Morgan fingerprint density at radius 2 is 1.93 bits per heavy atom. The number of nitrogens with one attached hydrogen (secondary N) is 1. The molecule has 0 saturated carbocycles. The molecule has 1 aliphatic rings. The van der Waals surface area contributed by atoms with E-state index in [4.69, 9.17) is 0 Å². The summed E-state index contributed by atoms with van der Waals surface area (Å²) in [6.07, 6.45) is 1.96. The summed E-state index contributed by atoms with van der Waals surface area (Å²) in [5.41, 5.74) is 6.10. The minimum absolute atomic E-state index is 0.00287. The summed E-state index contributed by atoms with van der Waals surface area (Å²) < 4.78 is 0. The highest BCUT2D eigenvalue weighted by molar-refractivity contribution is 5.62. The van der Waals surface area contributed by atoms with E-state index in [0.717, 1.165) is 37.2 Å². The van der Waals surface area contributed by atoms with Crippen molar-refractivity contribution >= 4 is 5.82 Å². The maximum absolute atomic E-state index is 9.37. The van der Waals surface area contributed by atoms with Gasteiger partial charge in [-0.25, -0.2) is 0 Å². The number of rotatable bonds is 6. The molecule has 2 unspecified atom stereocenters. The summed E-state index contributed by atoms with van der Waals surface area (Å²) in [6.45, 7) is 4.13. The van der Waals surface area contributed by atoms with Crippen molar-refractivity contribution in [3.8, 4) is 11.3 Å². The van der Waals surface area contributed by atoms with Gasteiger partial charge in [-0.2, -0.15) is 0 Å². The molecule has 0 aliphatic carbocycles. The molecule has 30 heavy (non-hydrogen) atoms. The molecular formula is C25H30N4O. The van der Waals surface area contributed by atoms with Crippen LogP contribution < -0.4 is 5.32 Å². The SMILES string of the molecule is CCC(CO)Nc1ccc(-c2ccc3c(c2)CN(C)CCC3c2ccccc2)nn1. The van der Waals surface area contributed by atoms with Crippen LogP contribution in [0.1, 0.15) is 42.4 Å². The lowest BCUT2D eigenvalue weighted by atomic mass is 9.86. The van der Waals surface area contributed by atoms with Crippen molar-refractivity contribution in [1.82, 2.24) is 15.1 Å². The summed E-state index contributed by atoms with van der Waals surface area (Å²) in [5, 5.41) is 21.3. The van der Waals surface area contributed by atoms with Gasteiger partial charge in [-0.3, -0.25) is 0 Å². The van der Waals surface area contributed by atoms with Crippen LogP contribution in [0, 0.1) is 0 Å². The average Bonchev–Trinajstić information content (AvgIpc) is 2.96. The summed E-state index contributed by atoms with van der Waals surface area (Å²) in [7, 11) is 2.19. The molecule has 0 fully saturated rings. The van der Waals surface area contributed by atoms with Gasteiger partial charge in [0.1, 0.15) is 5.82 Å². The number of benzene rings is 2. The summed E-state index contributed by atoms with van der Waals surface area (Å²) in [6, 6.07) is 21.5. The van der Waals surface area contributed by atoms with Crippen molar-refractivity contribution in [2.24, 2.45) is 0 Å². The Labute approximate surface area is 178 Å². The van der Waals surface area contributed by atoms with Crippen molar-refractivity contribution in [1.29, 1.82) is 0 Å². The maximum atomic E-state index is 9.37. The number of aliphatic hydroxyl groups is 1.